The molecule has 4 N–H and O–H groups in total. The molecule has 0 bridgehead atoms. The average Bonchev–Trinajstić information content (AvgIpc) is 3.70. The average molecular weight is 582 g/mol. The molecule has 2 aromatic carbocycles. The summed E-state index contributed by atoms with van der Waals surface area (Å²) in [5.74, 6) is -0.809. The van der Waals surface area contributed by atoms with Crippen molar-refractivity contribution in [2.45, 2.75) is 24.3 Å². The lowest BCUT2D eigenvalue weighted by molar-refractivity contribution is 0.260. The molecule has 13 heteroatoms. The van der Waals surface area contributed by atoms with Gasteiger partial charge in [0.15, 0.2) is 0 Å². The van der Waals surface area contributed by atoms with Crippen molar-refractivity contribution in [1.29, 1.82) is 10.5 Å². The number of nitrogens with one attached hydrogen (secondary N) is 4. The van der Waals surface area contributed by atoms with Crippen LogP contribution in [0.3, 0.4) is 0 Å². The van der Waals surface area contributed by atoms with Gasteiger partial charge < -0.3 is 16.1 Å². The van der Waals surface area contributed by atoms with E-state index >= 15 is 0 Å². The van der Waals surface area contributed by atoms with Gasteiger partial charge in [-0.2, -0.15) is 14.9 Å². The molecule has 41 heavy (non-hydrogen) atoms. The van der Waals surface area contributed by atoms with E-state index in [0.717, 1.165) is 12.8 Å². The molecule has 3 heterocycles. The van der Waals surface area contributed by atoms with E-state index in [9.17, 15) is 14.9 Å². The molecule has 0 spiro atoms. The summed E-state index contributed by atoms with van der Waals surface area (Å²) in [6, 6.07) is 16.5. The highest BCUT2D eigenvalue weighted by molar-refractivity contribution is 6.36. The van der Waals surface area contributed by atoms with E-state index in [1.54, 1.807) is 30.3 Å². The Morgan fingerprint density at radius 2 is 1.85 bits per heavy atom. The number of nitriles is 2. The van der Waals surface area contributed by atoms with Crippen LogP contribution in [0.2, 0.25) is 10.0 Å². The summed E-state index contributed by atoms with van der Waals surface area (Å²) in [6.45, 7) is 0. The maximum Gasteiger partial charge on any atom is 0.231 e. The highest BCUT2D eigenvalue weighted by atomic mass is 35.5. The van der Waals surface area contributed by atoms with Gasteiger partial charge in [-0.1, -0.05) is 35.3 Å². The number of nitrogens with zero attached hydrogens (tertiary/aromatic N) is 5. The number of rotatable bonds is 7. The molecule has 200 valence electrons. The second-order valence-electron chi connectivity index (χ2n) is 9.68. The molecule has 4 aromatic rings. The Labute approximate surface area is 245 Å². The molecule has 1 saturated carbocycles. The van der Waals surface area contributed by atoms with Crippen LogP contribution in [0.1, 0.15) is 29.5 Å². The molecular weight excluding hydrogens is 563 g/mol. The highest BCUT2D eigenvalue weighted by Crippen LogP contribution is 2.39. The molecule has 1 atom stereocenters. The van der Waals surface area contributed by atoms with Crippen LogP contribution in [0.15, 0.2) is 66.8 Å². The zero-order valence-corrected chi connectivity index (χ0v) is 22.7. The number of anilines is 3. The standard InChI is InChI=1S/C28H19BCl2FN9/c29-28(17-3-1-2-15(6-17)10-33,24-14-41(40-39-24)20-4-5-20)38-18-7-21-25(37-19-9-23(31)27(32)36-13-19)16(11-34)12-35-26(21)22(30)8-18/h1-3,6-9,12-14,20,38-40H,4-5H2,(H,35,37). The van der Waals surface area contributed by atoms with Gasteiger partial charge in [0.05, 0.1) is 61.5 Å². The second kappa shape index (κ2) is 10.5. The fourth-order valence-electron chi connectivity index (χ4n) is 4.62. The Kier molecular flexibility index (Phi) is 6.80. The van der Waals surface area contributed by atoms with E-state index in [0.29, 0.717) is 55.9 Å². The molecular formula is C28H19BCl2FN9. The monoisotopic (exact) mass is 581 g/mol. The van der Waals surface area contributed by atoms with Gasteiger partial charge in [-0.3, -0.25) is 9.99 Å². The van der Waals surface area contributed by atoms with Crippen molar-refractivity contribution >= 4 is 59.0 Å². The summed E-state index contributed by atoms with van der Waals surface area (Å²) in [6.07, 6.45) is 6.69. The molecule has 1 aliphatic heterocycles. The minimum absolute atomic E-state index is 0.175. The van der Waals surface area contributed by atoms with Crippen LogP contribution in [-0.2, 0) is 5.44 Å². The van der Waals surface area contributed by atoms with Crippen molar-refractivity contribution in [3.63, 3.8) is 0 Å². The molecule has 1 fully saturated rings. The van der Waals surface area contributed by atoms with Crippen LogP contribution in [0.5, 0.6) is 0 Å². The van der Waals surface area contributed by atoms with Crippen LogP contribution in [-0.4, -0.2) is 28.9 Å². The number of hydrazine groups is 2. The Bertz CT molecular complexity index is 1820. The number of hydrogen-bond acceptors (Lipinski definition) is 9. The van der Waals surface area contributed by atoms with Crippen LogP contribution in [0.25, 0.3) is 10.9 Å². The molecule has 1 unspecified atom stereocenters. The first-order valence-corrected chi connectivity index (χ1v) is 13.2. The summed E-state index contributed by atoms with van der Waals surface area (Å²) in [5, 5.41) is 28.5. The molecule has 2 aromatic heterocycles. The van der Waals surface area contributed by atoms with Crippen LogP contribution >= 0.6 is 23.2 Å². The van der Waals surface area contributed by atoms with Gasteiger partial charge in [-0.15, -0.1) is 5.53 Å². The van der Waals surface area contributed by atoms with Gasteiger partial charge in [0.2, 0.25) is 5.95 Å². The Hall–Kier alpha value is -4.55. The largest absolute Gasteiger partial charge is 0.378 e. The van der Waals surface area contributed by atoms with Gasteiger partial charge in [0, 0.05) is 29.5 Å². The molecule has 9 nitrogen and oxygen atoms in total. The van der Waals surface area contributed by atoms with Crippen LogP contribution in [0, 0.1) is 28.6 Å². The maximum absolute atomic E-state index is 13.7. The molecule has 2 aliphatic rings. The number of benzene rings is 2. The van der Waals surface area contributed by atoms with Crippen molar-refractivity contribution < 1.29 is 4.39 Å². The minimum Gasteiger partial charge on any atom is -0.378 e. The smallest absolute Gasteiger partial charge is 0.231 e. The van der Waals surface area contributed by atoms with Gasteiger partial charge in [0.1, 0.15) is 13.9 Å². The third-order valence-corrected chi connectivity index (χ3v) is 7.41. The number of halogens is 3. The first-order valence-electron chi connectivity index (χ1n) is 12.5. The normalized spacial score (nSPS) is 15.8. The zero-order chi connectivity index (χ0) is 28.7. The van der Waals surface area contributed by atoms with Crippen molar-refractivity contribution in [3.8, 4) is 12.1 Å². The number of fused-ring (bicyclic) bond motifs is 1. The zero-order valence-electron chi connectivity index (χ0n) is 21.2. The van der Waals surface area contributed by atoms with E-state index in [1.807, 2.05) is 17.3 Å². The van der Waals surface area contributed by atoms with E-state index in [4.69, 9.17) is 31.0 Å². The number of aromatic nitrogens is 2. The summed E-state index contributed by atoms with van der Waals surface area (Å²) in [7, 11) is 7.10. The lowest BCUT2D eigenvalue weighted by atomic mass is 9.69. The minimum atomic E-state index is -1.33. The van der Waals surface area contributed by atoms with Crippen LogP contribution in [0.4, 0.5) is 21.5 Å². The van der Waals surface area contributed by atoms with Crippen molar-refractivity contribution in [2.75, 3.05) is 10.6 Å². The first kappa shape index (κ1) is 26.7. The molecule has 1 aliphatic carbocycles. The second-order valence-corrected chi connectivity index (χ2v) is 10.5. The summed E-state index contributed by atoms with van der Waals surface area (Å²) in [4.78, 5) is 8.03. The summed E-state index contributed by atoms with van der Waals surface area (Å²) < 4.78 is 13.7. The van der Waals surface area contributed by atoms with Gasteiger partial charge in [-0.05, 0) is 48.7 Å². The van der Waals surface area contributed by atoms with Gasteiger partial charge >= 0.3 is 0 Å². The number of hydrogen-bond donors (Lipinski definition) is 4. The van der Waals surface area contributed by atoms with Crippen molar-refractivity contribution in [2.24, 2.45) is 0 Å². The summed E-state index contributed by atoms with van der Waals surface area (Å²) in [5.41, 5.74) is 8.55. The van der Waals surface area contributed by atoms with E-state index in [1.165, 1.54) is 18.5 Å². The van der Waals surface area contributed by atoms with Crippen molar-refractivity contribution in [3.05, 3.63) is 99.4 Å². The van der Waals surface area contributed by atoms with Crippen molar-refractivity contribution in [1.82, 2.24) is 25.9 Å². The fourth-order valence-corrected chi connectivity index (χ4v) is 5.05. The molecule has 0 amide bonds. The Balaban J connectivity index is 1.47. The summed E-state index contributed by atoms with van der Waals surface area (Å²) >= 11 is 12.6. The van der Waals surface area contributed by atoms with Crippen LogP contribution < -0.4 is 21.6 Å². The third kappa shape index (κ3) is 5.07. The van der Waals surface area contributed by atoms with E-state index in [-0.39, 0.29) is 10.6 Å². The fraction of sp³-hybridized carbons (Fsp3) is 0.143. The Morgan fingerprint density at radius 3 is 2.59 bits per heavy atom. The molecule has 0 saturated heterocycles. The number of pyridine rings is 2. The molecule has 6 rings (SSSR count). The first-order chi connectivity index (χ1) is 19.8. The topological polar surface area (TPSA) is 125 Å². The lowest BCUT2D eigenvalue weighted by Crippen LogP contribution is -2.45. The maximum atomic E-state index is 13.7. The third-order valence-electron chi connectivity index (χ3n) is 6.85. The van der Waals surface area contributed by atoms with E-state index in [2.05, 4.69) is 43.7 Å². The van der Waals surface area contributed by atoms with E-state index < -0.39 is 11.4 Å². The quantitative estimate of drug-likeness (QED) is 0.169. The molecule has 2 radical (unpaired) electrons. The predicted molar refractivity (Wildman–Crippen MR) is 155 cm³/mol. The SMILES string of the molecule is [B]C(Nc1cc(Cl)c2ncc(C#N)c(Nc3cnc(F)c(Cl)c3)c2c1)(C1=CN(C2CC2)NN1)c1cccc(C#N)c1. The predicted octanol–water partition coefficient (Wildman–Crippen LogP) is 5.32. The van der Waals surface area contributed by atoms with Gasteiger partial charge in [-0.25, -0.2) is 4.98 Å². The van der Waals surface area contributed by atoms with Gasteiger partial charge in [0.25, 0.3) is 0 Å². The highest BCUT2D eigenvalue weighted by Gasteiger charge is 2.38. The Morgan fingerprint density at radius 1 is 1.05 bits per heavy atom. The lowest BCUT2D eigenvalue weighted by Gasteiger charge is -2.34.